The molecule has 0 spiro atoms. The van der Waals surface area contributed by atoms with Gasteiger partial charge in [0.05, 0.1) is 0 Å². The number of hydrogen-bond acceptors (Lipinski definition) is 2. The van der Waals surface area contributed by atoms with Crippen molar-refractivity contribution >= 4 is 15.9 Å². The first-order valence-corrected chi connectivity index (χ1v) is 6.58. The quantitative estimate of drug-likeness (QED) is 0.875. The fourth-order valence-corrected chi connectivity index (χ4v) is 3.84. The molecule has 0 aliphatic heterocycles. The number of phenolic OH excluding ortho intramolecular Hbond substituents is 1. The van der Waals surface area contributed by atoms with Crippen molar-refractivity contribution in [1.82, 2.24) is 0 Å². The Kier molecular flexibility index (Phi) is 3.27. The second-order valence-corrected chi connectivity index (χ2v) is 5.69. The third-order valence-electron chi connectivity index (χ3n) is 3.70. The van der Waals surface area contributed by atoms with Crippen molar-refractivity contribution in [2.75, 3.05) is 6.54 Å². The Morgan fingerprint density at radius 2 is 2.00 bits per heavy atom. The van der Waals surface area contributed by atoms with E-state index in [1.165, 1.54) is 12.8 Å². The van der Waals surface area contributed by atoms with Crippen LogP contribution in [0.3, 0.4) is 0 Å². The molecule has 0 heterocycles. The third kappa shape index (κ3) is 1.87. The highest BCUT2D eigenvalue weighted by Gasteiger charge is 2.37. The summed E-state index contributed by atoms with van der Waals surface area (Å²) in [5.41, 5.74) is 8.01. The molecule has 0 bridgehead atoms. The third-order valence-corrected chi connectivity index (χ3v) is 4.32. The highest BCUT2D eigenvalue weighted by Crippen LogP contribution is 2.47. The second-order valence-electron chi connectivity index (χ2n) is 4.83. The number of benzene rings is 1. The monoisotopic (exact) mass is 283 g/mol. The Labute approximate surface area is 105 Å². The topological polar surface area (TPSA) is 46.2 Å². The summed E-state index contributed by atoms with van der Waals surface area (Å²) in [4.78, 5) is 0. The van der Waals surface area contributed by atoms with Gasteiger partial charge in [-0.3, -0.25) is 0 Å². The molecule has 0 radical (unpaired) electrons. The molecule has 1 aromatic carbocycles. The van der Waals surface area contributed by atoms with Gasteiger partial charge in [-0.05, 0) is 37.5 Å². The van der Waals surface area contributed by atoms with Crippen LogP contribution in [0.2, 0.25) is 0 Å². The van der Waals surface area contributed by atoms with Crippen LogP contribution >= 0.6 is 15.9 Å². The molecule has 1 aliphatic rings. The van der Waals surface area contributed by atoms with Crippen LogP contribution < -0.4 is 5.73 Å². The minimum absolute atomic E-state index is 0.0172. The molecule has 2 rings (SSSR count). The molecule has 0 amide bonds. The standard InChI is InChI=1S/C13H18BrNO/c1-9-6-10(14)12(11(16)7-9)13(8-15)4-2-3-5-13/h6-7,16H,2-5,8,15H2,1H3. The van der Waals surface area contributed by atoms with Crippen LogP contribution in [0.5, 0.6) is 5.75 Å². The Hall–Kier alpha value is -0.540. The van der Waals surface area contributed by atoms with Gasteiger partial charge in [0.1, 0.15) is 5.75 Å². The lowest BCUT2D eigenvalue weighted by atomic mass is 9.78. The minimum Gasteiger partial charge on any atom is -0.508 e. The van der Waals surface area contributed by atoms with Crippen LogP contribution in [-0.2, 0) is 5.41 Å². The SMILES string of the molecule is Cc1cc(O)c(C2(CN)CCCC2)c(Br)c1. The summed E-state index contributed by atoms with van der Waals surface area (Å²) >= 11 is 3.57. The molecule has 0 aromatic heterocycles. The van der Waals surface area contributed by atoms with E-state index in [9.17, 15) is 5.11 Å². The minimum atomic E-state index is -0.0172. The van der Waals surface area contributed by atoms with Crippen LogP contribution in [0.4, 0.5) is 0 Å². The van der Waals surface area contributed by atoms with Crippen LogP contribution in [0.25, 0.3) is 0 Å². The molecule has 0 unspecified atom stereocenters. The van der Waals surface area contributed by atoms with Crippen molar-refractivity contribution in [3.8, 4) is 5.75 Å². The molecule has 0 atom stereocenters. The maximum absolute atomic E-state index is 10.1. The first-order valence-electron chi connectivity index (χ1n) is 5.79. The van der Waals surface area contributed by atoms with Crippen molar-refractivity contribution in [2.45, 2.75) is 38.0 Å². The number of aromatic hydroxyl groups is 1. The normalized spacial score (nSPS) is 18.9. The van der Waals surface area contributed by atoms with Gasteiger partial charge in [-0.25, -0.2) is 0 Å². The molecule has 2 nitrogen and oxygen atoms in total. The van der Waals surface area contributed by atoms with E-state index in [0.717, 1.165) is 28.4 Å². The van der Waals surface area contributed by atoms with Gasteiger partial charge in [0.25, 0.3) is 0 Å². The van der Waals surface area contributed by atoms with Crippen LogP contribution in [0.15, 0.2) is 16.6 Å². The molecule has 1 aliphatic carbocycles. The van der Waals surface area contributed by atoms with Gasteiger partial charge in [0.15, 0.2) is 0 Å². The zero-order chi connectivity index (χ0) is 11.8. The molecule has 3 heteroatoms. The van der Waals surface area contributed by atoms with E-state index in [-0.39, 0.29) is 5.41 Å². The van der Waals surface area contributed by atoms with Crippen molar-refractivity contribution < 1.29 is 5.11 Å². The van der Waals surface area contributed by atoms with E-state index in [1.807, 2.05) is 13.0 Å². The number of nitrogens with two attached hydrogens (primary N) is 1. The van der Waals surface area contributed by atoms with Crippen molar-refractivity contribution in [3.05, 3.63) is 27.7 Å². The molecule has 1 aromatic rings. The van der Waals surface area contributed by atoms with E-state index < -0.39 is 0 Å². The Balaban J connectivity index is 2.54. The lowest BCUT2D eigenvalue weighted by Crippen LogP contribution is -2.32. The second kappa shape index (κ2) is 4.38. The molecule has 1 saturated carbocycles. The molecule has 16 heavy (non-hydrogen) atoms. The summed E-state index contributed by atoms with van der Waals surface area (Å²) in [5, 5.41) is 10.1. The van der Waals surface area contributed by atoms with E-state index >= 15 is 0 Å². The van der Waals surface area contributed by atoms with Gasteiger partial charge in [0, 0.05) is 22.0 Å². The number of phenols is 1. The van der Waals surface area contributed by atoms with Gasteiger partial charge in [0.2, 0.25) is 0 Å². The summed E-state index contributed by atoms with van der Waals surface area (Å²) in [6.45, 7) is 2.60. The van der Waals surface area contributed by atoms with Gasteiger partial charge in [-0.15, -0.1) is 0 Å². The zero-order valence-electron chi connectivity index (χ0n) is 9.59. The predicted molar refractivity (Wildman–Crippen MR) is 69.7 cm³/mol. The van der Waals surface area contributed by atoms with Crippen molar-refractivity contribution in [2.24, 2.45) is 5.73 Å². The molecular formula is C13H18BrNO. The summed E-state index contributed by atoms with van der Waals surface area (Å²) in [6, 6.07) is 3.89. The average molecular weight is 284 g/mol. The zero-order valence-corrected chi connectivity index (χ0v) is 11.2. The fraction of sp³-hybridized carbons (Fsp3) is 0.538. The lowest BCUT2D eigenvalue weighted by Gasteiger charge is -2.30. The van der Waals surface area contributed by atoms with Crippen LogP contribution in [0, 0.1) is 6.92 Å². The first kappa shape index (κ1) is 11.9. The number of aryl methyl sites for hydroxylation is 1. The maximum Gasteiger partial charge on any atom is 0.120 e. The summed E-state index contributed by atoms with van der Waals surface area (Å²) in [5.74, 6) is 0.388. The summed E-state index contributed by atoms with van der Waals surface area (Å²) in [6.07, 6.45) is 4.57. The maximum atomic E-state index is 10.1. The molecular weight excluding hydrogens is 266 g/mol. The average Bonchev–Trinajstić information content (AvgIpc) is 2.66. The number of halogens is 1. The van der Waals surface area contributed by atoms with E-state index in [0.29, 0.717) is 12.3 Å². The lowest BCUT2D eigenvalue weighted by molar-refractivity contribution is 0.403. The predicted octanol–water partition coefficient (Wildman–Crippen LogP) is 3.23. The Morgan fingerprint density at radius 1 is 1.38 bits per heavy atom. The highest BCUT2D eigenvalue weighted by molar-refractivity contribution is 9.10. The smallest absolute Gasteiger partial charge is 0.120 e. The largest absolute Gasteiger partial charge is 0.508 e. The van der Waals surface area contributed by atoms with Crippen LogP contribution in [-0.4, -0.2) is 11.7 Å². The van der Waals surface area contributed by atoms with Gasteiger partial charge >= 0.3 is 0 Å². The van der Waals surface area contributed by atoms with E-state index in [1.54, 1.807) is 0 Å². The van der Waals surface area contributed by atoms with Gasteiger partial charge in [-0.2, -0.15) is 0 Å². The molecule has 0 saturated heterocycles. The summed E-state index contributed by atoms with van der Waals surface area (Å²) in [7, 11) is 0. The van der Waals surface area contributed by atoms with Crippen LogP contribution in [0.1, 0.15) is 36.8 Å². The van der Waals surface area contributed by atoms with E-state index in [4.69, 9.17) is 5.73 Å². The number of rotatable bonds is 2. The molecule has 1 fully saturated rings. The van der Waals surface area contributed by atoms with Gasteiger partial charge < -0.3 is 10.8 Å². The highest BCUT2D eigenvalue weighted by atomic mass is 79.9. The van der Waals surface area contributed by atoms with E-state index in [2.05, 4.69) is 22.0 Å². The molecule has 88 valence electrons. The Bertz CT molecular complexity index is 374. The molecule has 3 N–H and O–H groups in total. The Morgan fingerprint density at radius 3 is 2.50 bits per heavy atom. The van der Waals surface area contributed by atoms with Crippen molar-refractivity contribution in [1.29, 1.82) is 0 Å². The summed E-state index contributed by atoms with van der Waals surface area (Å²) < 4.78 is 0.998. The van der Waals surface area contributed by atoms with Crippen molar-refractivity contribution in [3.63, 3.8) is 0 Å². The van der Waals surface area contributed by atoms with Gasteiger partial charge in [-0.1, -0.05) is 28.8 Å². The number of hydrogen-bond donors (Lipinski definition) is 2. The fourth-order valence-electron chi connectivity index (χ4n) is 2.86. The first-order chi connectivity index (χ1) is 7.59.